The number of amides is 2. The summed E-state index contributed by atoms with van der Waals surface area (Å²) < 4.78 is 5.68. The van der Waals surface area contributed by atoms with Gasteiger partial charge in [0.05, 0.1) is 5.92 Å². The van der Waals surface area contributed by atoms with Crippen LogP contribution in [0.15, 0.2) is 48.5 Å². The van der Waals surface area contributed by atoms with Gasteiger partial charge in [0.25, 0.3) is 0 Å². The van der Waals surface area contributed by atoms with Crippen molar-refractivity contribution in [3.63, 3.8) is 0 Å². The largest absolute Gasteiger partial charge is 0.443 e. The van der Waals surface area contributed by atoms with E-state index in [2.05, 4.69) is 5.32 Å². The predicted molar refractivity (Wildman–Crippen MR) is 133 cm³/mol. The summed E-state index contributed by atoms with van der Waals surface area (Å²) >= 11 is 12.2. The molecule has 0 bridgehead atoms. The molecule has 5 nitrogen and oxygen atoms in total. The lowest BCUT2D eigenvalue weighted by molar-refractivity contribution is -0.136. The second kappa shape index (κ2) is 10.9. The maximum absolute atomic E-state index is 13.5. The first-order valence-electron chi connectivity index (χ1n) is 11.3. The number of ether oxygens (including phenoxy) is 1. The van der Waals surface area contributed by atoms with Gasteiger partial charge in [-0.3, -0.25) is 4.79 Å². The number of rotatable bonds is 6. The first-order chi connectivity index (χ1) is 15.5. The van der Waals surface area contributed by atoms with Gasteiger partial charge in [-0.2, -0.15) is 0 Å². The molecule has 1 aliphatic heterocycles. The van der Waals surface area contributed by atoms with Crippen molar-refractivity contribution in [3.8, 4) is 0 Å². The van der Waals surface area contributed by atoms with Crippen LogP contribution in [0.25, 0.3) is 0 Å². The minimum absolute atomic E-state index is 0.158. The van der Waals surface area contributed by atoms with Crippen LogP contribution in [-0.4, -0.2) is 41.6 Å². The van der Waals surface area contributed by atoms with E-state index in [0.29, 0.717) is 29.4 Å². The van der Waals surface area contributed by atoms with Gasteiger partial charge in [0.1, 0.15) is 5.60 Å². The van der Waals surface area contributed by atoms with Gasteiger partial charge in [-0.15, -0.1) is 0 Å². The minimum Gasteiger partial charge on any atom is -0.443 e. The number of carbonyl (C=O) groups excluding carboxylic acids is 2. The molecule has 1 heterocycles. The third kappa shape index (κ3) is 6.95. The van der Waals surface area contributed by atoms with Crippen molar-refractivity contribution in [3.05, 3.63) is 69.7 Å². The number of benzene rings is 2. The van der Waals surface area contributed by atoms with Crippen LogP contribution in [0, 0.1) is 5.92 Å². The Kier molecular flexibility index (Phi) is 8.43. The number of imide groups is 1. The lowest BCUT2D eigenvalue weighted by Crippen LogP contribution is -2.51. The predicted octanol–water partition coefficient (Wildman–Crippen LogP) is 6.08. The molecule has 0 aromatic heterocycles. The van der Waals surface area contributed by atoms with E-state index >= 15 is 0 Å². The Balaban J connectivity index is 1.99. The number of carbonyl (C=O) groups is 2. The Bertz CT molecular complexity index is 949. The van der Waals surface area contributed by atoms with Gasteiger partial charge in [0.15, 0.2) is 0 Å². The van der Waals surface area contributed by atoms with E-state index in [-0.39, 0.29) is 17.7 Å². The van der Waals surface area contributed by atoms with Gasteiger partial charge in [-0.05, 0) is 82.5 Å². The van der Waals surface area contributed by atoms with Crippen LogP contribution >= 0.6 is 23.2 Å². The normalized spacial score (nSPS) is 17.9. The second-order valence-electron chi connectivity index (χ2n) is 9.61. The summed E-state index contributed by atoms with van der Waals surface area (Å²) in [5.74, 6) is -0.604. The van der Waals surface area contributed by atoms with E-state index in [0.717, 1.165) is 17.7 Å². The fourth-order valence-electron chi connectivity index (χ4n) is 4.16. The summed E-state index contributed by atoms with van der Waals surface area (Å²) in [5, 5.41) is 4.51. The SMILES string of the molecule is CC(C(Cc1ccc(Cl)cc1)c1ccc(Cl)cc1)N(C(=O)OC(C)(C)C)C(=O)C1CCNC1. The molecule has 0 spiro atoms. The molecule has 1 aliphatic rings. The number of hydrogen-bond donors (Lipinski definition) is 1. The van der Waals surface area contributed by atoms with E-state index in [1.165, 1.54) is 4.90 Å². The van der Waals surface area contributed by atoms with Crippen LogP contribution in [0.3, 0.4) is 0 Å². The highest BCUT2D eigenvalue weighted by Gasteiger charge is 2.39. The maximum Gasteiger partial charge on any atom is 0.417 e. The van der Waals surface area contributed by atoms with Crippen LogP contribution < -0.4 is 5.32 Å². The van der Waals surface area contributed by atoms with E-state index in [9.17, 15) is 9.59 Å². The van der Waals surface area contributed by atoms with Crippen molar-refractivity contribution in [2.75, 3.05) is 13.1 Å². The minimum atomic E-state index is -0.713. The molecule has 33 heavy (non-hydrogen) atoms. The number of halogens is 2. The second-order valence-corrected chi connectivity index (χ2v) is 10.5. The van der Waals surface area contributed by atoms with Crippen LogP contribution in [0.1, 0.15) is 51.2 Å². The molecule has 178 valence electrons. The summed E-state index contributed by atoms with van der Waals surface area (Å²) in [6.45, 7) is 8.66. The summed E-state index contributed by atoms with van der Waals surface area (Å²) in [5.41, 5.74) is 1.34. The van der Waals surface area contributed by atoms with Crippen molar-refractivity contribution in [1.29, 1.82) is 0 Å². The van der Waals surface area contributed by atoms with Crippen molar-refractivity contribution in [2.24, 2.45) is 5.92 Å². The fraction of sp³-hybridized carbons (Fsp3) is 0.462. The molecule has 3 atom stereocenters. The van der Waals surface area contributed by atoms with Crippen LogP contribution in [0.4, 0.5) is 4.79 Å². The van der Waals surface area contributed by atoms with E-state index < -0.39 is 17.7 Å². The molecule has 1 N–H and O–H groups in total. The summed E-state index contributed by atoms with van der Waals surface area (Å²) in [6.07, 6.45) is 0.713. The summed E-state index contributed by atoms with van der Waals surface area (Å²) in [6, 6.07) is 14.8. The summed E-state index contributed by atoms with van der Waals surface area (Å²) in [7, 11) is 0. The van der Waals surface area contributed by atoms with Gasteiger partial charge >= 0.3 is 6.09 Å². The molecule has 1 fully saturated rings. The van der Waals surface area contributed by atoms with Gasteiger partial charge in [0, 0.05) is 28.5 Å². The summed E-state index contributed by atoms with van der Waals surface area (Å²) in [4.78, 5) is 28.2. The molecule has 2 aromatic carbocycles. The average molecular weight is 491 g/mol. The lowest BCUT2D eigenvalue weighted by Gasteiger charge is -2.36. The van der Waals surface area contributed by atoms with E-state index in [4.69, 9.17) is 27.9 Å². The van der Waals surface area contributed by atoms with Crippen molar-refractivity contribution < 1.29 is 14.3 Å². The molecular weight excluding hydrogens is 459 g/mol. The Hall–Kier alpha value is -2.08. The molecule has 1 saturated heterocycles. The van der Waals surface area contributed by atoms with Gasteiger partial charge in [0.2, 0.25) is 5.91 Å². The first kappa shape index (κ1) is 25.5. The molecule has 2 amide bonds. The third-order valence-electron chi connectivity index (χ3n) is 5.89. The molecule has 3 unspecified atom stereocenters. The standard InChI is InChI=1S/C26H32Cl2N2O3/c1-17(30(25(32)33-26(2,3)4)24(31)20-13-14-29-16-20)23(19-7-11-22(28)12-8-19)15-18-5-9-21(27)10-6-18/h5-12,17,20,23,29H,13-16H2,1-4H3. The topological polar surface area (TPSA) is 58.6 Å². The first-order valence-corrected chi connectivity index (χ1v) is 12.1. The van der Waals surface area contributed by atoms with Crippen LogP contribution in [0.2, 0.25) is 10.0 Å². The monoisotopic (exact) mass is 490 g/mol. The Morgan fingerprint density at radius 2 is 1.64 bits per heavy atom. The number of nitrogens with one attached hydrogen (secondary N) is 1. The van der Waals surface area contributed by atoms with Crippen LogP contribution in [0.5, 0.6) is 0 Å². The van der Waals surface area contributed by atoms with Gasteiger partial charge in [-0.25, -0.2) is 9.69 Å². The average Bonchev–Trinajstić information content (AvgIpc) is 3.28. The highest BCUT2D eigenvalue weighted by Crippen LogP contribution is 2.31. The van der Waals surface area contributed by atoms with Crippen molar-refractivity contribution in [2.45, 2.75) is 58.1 Å². The molecule has 0 radical (unpaired) electrons. The molecular formula is C26H32Cl2N2O3. The Morgan fingerprint density at radius 3 is 2.15 bits per heavy atom. The van der Waals surface area contributed by atoms with Gasteiger partial charge in [-0.1, -0.05) is 47.5 Å². The molecule has 3 rings (SSSR count). The van der Waals surface area contributed by atoms with E-state index in [1.54, 1.807) is 20.8 Å². The Morgan fingerprint density at radius 1 is 1.06 bits per heavy atom. The fourth-order valence-corrected chi connectivity index (χ4v) is 4.41. The Labute approximate surface area is 206 Å². The lowest BCUT2D eigenvalue weighted by atomic mass is 9.85. The zero-order valence-corrected chi connectivity index (χ0v) is 21.1. The smallest absolute Gasteiger partial charge is 0.417 e. The maximum atomic E-state index is 13.5. The number of nitrogens with zero attached hydrogens (tertiary/aromatic N) is 1. The van der Waals surface area contributed by atoms with Crippen molar-refractivity contribution in [1.82, 2.24) is 10.2 Å². The van der Waals surface area contributed by atoms with Gasteiger partial charge < -0.3 is 10.1 Å². The highest BCUT2D eigenvalue weighted by atomic mass is 35.5. The molecule has 0 aliphatic carbocycles. The molecule has 0 saturated carbocycles. The van der Waals surface area contributed by atoms with E-state index in [1.807, 2.05) is 55.5 Å². The third-order valence-corrected chi connectivity index (χ3v) is 6.40. The van der Waals surface area contributed by atoms with Crippen LogP contribution in [-0.2, 0) is 16.0 Å². The highest BCUT2D eigenvalue weighted by molar-refractivity contribution is 6.30. The quantitative estimate of drug-likeness (QED) is 0.532. The number of hydrogen-bond acceptors (Lipinski definition) is 4. The zero-order valence-electron chi connectivity index (χ0n) is 19.6. The zero-order chi connectivity index (χ0) is 24.2. The van der Waals surface area contributed by atoms with Crippen molar-refractivity contribution >= 4 is 35.2 Å². The molecule has 7 heteroatoms. The molecule has 2 aromatic rings.